The van der Waals surface area contributed by atoms with Crippen LogP contribution in [0.25, 0.3) is 10.8 Å². The zero-order valence-corrected chi connectivity index (χ0v) is 10.1. The fourth-order valence-electron chi connectivity index (χ4n) is 1.33. The number of fused-ring (bicyclic) bond motifs is 1. The monoisotopic (exact) mass is 316 g/mol. The van der Waals surface area contributed by atoms with Gasteiger partial charge in [-0.1, -0.05) is 15.9 Å². The first-order valence-electron chi connectivity index (χ1n) is 3.89. The second-order valence-corrected chi connectivity index (χ2v) is 4.57. The normalized spacial score (nSPS) is 10.7. The van der Waals surface area contributed by atoms with Crippen LogP contribution in [0.4, 0.5) is 0 Å². The van der Waals surface area contributed by atoms with Crippen LogP contribution in [0.3, 0.4) is 0 Å². The second kappa shape index (κ2) is 3.44. The third kappa shape index (κ3) is 1.48. The molecule has 72 valence electrons. The topological polar surface area (TPSA) is 40.5 Å². The van der Waals surface area contributed by atoms with Gasteiger partial charge in [-0.2, -0.15) is 0 Å². The third-order valence-corrected chi connectivity index (χ3v) is 3.47. The molecule has 0 fully saturated rings. The molecule has 0 aromatic heterocycles. The summed E-state index contributed by atoms with van der Waals surface area (Å²) < 4.78 is 1.39. The number of hydrogen-bond acceptors (Lipinski definition) is 2. The highest BCUT2D eigenvalue weighted by molar-refractivity contribution is 9.11. The maximum Gasteiger partial charge on any atom is 0.130 e. The van der Waals surface area contributed by atoms with E-state index in [9.17, 15) is 10.2 Å². The van der Waals surface area contributed by atoms with Gasteiger partial charge >= 0.3 is 0 Å². The molecule has 2 rings (SSSR count). The summed E-state index contributed by atoms with van der Waals surface area (Å²) in [6.07, 6.45) is 0. The average molecular weight is 318 g/mol. The van der Waals surface area contributed by atoms with Gasteiger partial charge < -0.3 is 10.2 Å². The van der Waals surface area contributed by atoms with Crippen LogP contribution in [-0.2, 0) is 0 Å². The fraction of sp³-hybridized carbons (Fsp3) is 0. The lowest BCUT2D eigenvalue weighted by Gasteiger charge is -2.05. The van der Waals surface area contributed by atoms with E-state index in [0.29, 0.717) is 4.47 Å². The van der Waals surface area contributed by atoms with Crippen LogP contribution in [0.2, 0.25) is 0 Å². The zero-order chi connectivity index (χ0) is 10.3. The Morgan fingerprint density at radius 1 is 0.929 bits per heavy atom. The summed E-state index contributed by atoms with van der Waals surface area (Å²) in [6.45, 7) is 0. The summed E-state index contributed by atoms with van der Waals surface area (Å²) in [5.41, 5.74) is 0. The Labute approximate surface area is 97.4 Å². The van der Waals surface area contributed by atoms with Crippen molar-refractivity contribution in [3.05, 3.63) is 33.2 Å². The van der Waals surface area contributed by atoms with Crippen LogP contribution >= 0.6 is 31.9 Å². The van der Waals surface area contributed by atoms with Crippen molar-refractivity contribution in [2.75, 3.05) is 0 Å². The predicted molar refractivity (Wildman–Crippen MR) is 62.7 cm³/mol. The number of halogens is 2. The molecule has 4 heteroatoms. The first kappa shape index (κ1) is 9.80. The molecule has 14 heavy (non-hydrogen) atoms. The Morgan fingerprint density at radius 3 is 2.36 bits per heavy atom. The Kier molecular flexibility index (Phi) is 2.41. The van der Waals surface area contributed by atoms with Gasteiger partial charge in [-0.3, -0.25) is 0 Å². The smallest absolute Gasteiger partial charge is 0.130 e. The Hall–Kier alpha value is -0.740. The largest absolute Gasteiger partial charge is 0.508 e. The molecular weight excluding hydrogens is 312 g/mol. The number of phenols is 2. The molecule has 0 spiro atoms. The minimum atomic E-state index is 0.162. The van der Waals surface area contributed by atoms with E-state index in [4.69, 9.17) is 0 Å². The Bertz CT molecular complexity index is 509. The number of rotatable bonds is 0. The first-order chi connectivity index (χ1) is 6.59. The van der Waals surface area contributed by atoms with Crippen molar-refractivity contribution in [1.29, 1.82) is 0 Å². The van der Waals surface area contributed by atoms with Crippen molar-refractivity contribution in [1.82, 2.24) is 0 Å². The zero-order valence-electron chi connectivity index (χ0n) is 6.96. The van der Waals surface area contributed by atoms with E-state index in [1.54, 1.807) is 24.3 Å². The molecular formula is C10H6Br2O2. The van der Waals surface area contributed by atoms with Gasteiger partial charge in [0.15, 0.2) is 0 Å². The van der Waals surface area contributed by atoms with Crippen molar-refractivity contribution in [2.45, 2.75) is 0 Å². The third-order valence-electron chi connectivity index (χ3n) is 1.98. The maximum absolute atomic E-state index is 9.46. The standard InChI is InChI=1S/C10H6Br2O2/c11-8-4-5(13)3-7-6(8)1-2-9(14)10(7)12/h1-4,13-14H. The molecule has 0 amide bonds. The van der Waals surface area contributed by atoms with Gasteiger partial charge in [-0.05, 0) is 45.6 Å². The lowest BCUT2D eigenvalue weighted by Crippen LogP contribution is -1.78. The number of phenolic OH excluding ortho intramolecular Hbond substituents is 2. The number of benzene rings is 2. The minimum Gasteiger partial charge on any atom is -0.508 e. The summed E-state index contributed by atoms with van der Waals surface area (Å²) >= 11 is 6.61. The van der Waals surface area contributed by atoms with Crippen LogP contribution in [0.5, 0.6) is 11.5 Å². The molecule has 0 atom stereocenters. The van der Waals surface area contributed by atoms with Gasteiger partial charge in [0, 0.05) is 9.86 Å². The molecule has 0 aliphatic heterocycles. The van der Waals surface area contributed by atoms with E-state index in [0.717, 1.165) is 15.2 Å². The van der Waals surface area contributed by atoms with Crippen LogP contribution in [0.1, 0.15) is 0 Å². The molecule has 0 saturated carbocycles. The molecule has 0 bridgehead atoms. The second-order valence-electron chi connectivity index (χ2n) is 2.92. The van der Waals surface area contributed by atoms with Gasteiger partial charge in [-0.15, -0.1) is 0 Å². The molecule has 0 saturated heterocycles. The maximum atomic E-state index is 9.46. The van der Waals surface area contributed by atoms with Gasteiger partial charge in [0.25, 0.3) is 0 Å². The quantitative estimate of drug-likeness (QED) is 0.776. The van der Waals surface area contributed by atoms with E-state index < -0.39 is 0 Å². The highest BCUT2D eigenvalue weighted by Crippen LogP contribution is 2.37. The van der Waals surface area contributed by atoms with E-state index in [-0.39, 0.29) is 11.5 Å². The van der Waals surface area contributed by atoms with E-state index in [2.05, 4.69) is 31.9 Å². The van der Waals surface area contributed by atoms with Crippen molar-refractivity contribution < 1.29 is 10.2 Å². The van der Waals surface area contributed by atoms with Crippen molar-refractivity contribution in [3.63, 3.8) is 0 Å². The van der Waals surface area contributed by atoms with Crippen LogP contribution in [-0.4, -0.2) is 10.2 Å². The number of aromatic hydroxyl groups is 2. The first-order valence-corrected chi connectivity index (χ1v) is 5.48. The highest BCUT2D eigenvalue weighted by Gasteiger charge is 2.07. The van der Waals surface area contributed by atoms with E-state index in [1.807, 2.05) is 0 Å². The molecule has 0 unspecified atom stereocenters. The van der Waals surface area contributed by atoms with E-state index in [1.165, 1.54) is 0 Å². The lowest BCUT2D eigenvalue weighted by atomic mass is 10.1. The molecule has 0 heterocycles. The van der Waals surface area contributed by atoms with E-state index >= 15 is 0 Å². The number of hydrogen-bond donors (Lipinski definition) is 2. The Morgan fingerprint density at radius 2 is 1.64 bits per heavy atom. The molecule has 2 aromatic carbocycles. The Balaban J connectivity index is 2.95. The summed E-state index contributed by atoms with van der Waals surface area (Å²) in [6, 6.07) is 6.61. The summed E-state index contributed by atoms with van der Waals surface area (Å²) in [5, 5.41) is 20.6. The molecule has 0 aliphatic carbocycles. The SMILES string of the molecule is Oc1cc(Br)c2ccc(O)c(Br)c2c1. The summed E-state index contributed by atoms with van der Waals surface area (Å²) in [4.78, 5) is 0. The van der Waals surface area contributed by atoms with Gasteiger partial charge in [-0.25, -0.2) is 0 Å². The summed E-state index contributed by atoms with van der Waals surface area (Å²) in [7, 11) is 0. The molecule has 0 radical (unpaired) electrons. The molecule has 2 nitrogen and oxygen atoms in total. The van der Waals surface area contributed by atoms with Gasteiger partial charge in [0.2, 0.25) is 0 Å². The predicted octanol–water partition coefficient (Wildman–Crippen LogP) is 3.78. The highest BCUT2D eigenvalue weighted by atomic mass is 79.9. The van der Waals surface area contributed by atoms with Crippen molar-refractivity contribution >= 4 is 42.6 Å². The fourth-order valence-corrected chi connectivity index (χ4v) is 2.37. The summed E-state index contributed by atoms with van der Waals surface area (Å²) in [5.74, 6) is 0.325. The minimum absolute atomic E-state index is 0.162. The molecule has 0 aliphatic rings. The van der Waals surface area contributed by atoms with Crippen LogP contribution < -0.4 is 0 Å². The van der Waals surface area contributed by atoms with Crippen molar-refractivity contribution in [3.8, 4) is 11.5 Å². The van der Waals surface area contributed by atoms with Crippen LogP contribution in [0, 0.1) is 0 Å². The van der Waals surface area contributed by atoms with Crippen LogP contribution in [0.15, 0.2) is 33.2 Å². The molecule has 2 N–H and O–H groups in total. The van der Waals surface area contributed by atoms with Gasteiger partial charge in [0.1, 0.15) is 11.5 Å². The van der Waals surface area contributed by atoms with Gasteiger partial charge in [0.05, 0.1) is 4.47 Å². The lowest BCUT2D eigenvalue weighted by molar-refractivity contribution is 0.472. The average Bonchev–Trinajstić information content (AvgIpc) is 2.12. The van der Waals surface area contributed by atoms with Crippen molar-refractivity contribution in [2.24, 2.45) is 0 Å². The molecule has 2 aromatic rings.